The van der Waals surface area contributed by atoms with Crippen molar-refractivity contribution in [1.82, 2.24) is 0 Å². The summed E-state index contributed by atoms with van der Waals surface area (Å²) < 4.78 is 33.7. The van der Waals surface area contributed by atoms with Crippen molar-refractivity contribution < 1.29 is 42.1 Å². The van der Waals surface area contributed by atoms with E-state index in [9.17, 15) is 19.0 Å². The fraction of sp³-hybridized carbons (Fsp3) is 0.882. The highest BCUT2D eigenvalue weighted by Gasteiger charge is 2.27. The standard InChI is InChI=1S/C34H66NO8P/c1-6-8-10-11-12-13-14-15-16-17-18-19-20-21-22-23-25-27-34(37)43-32(30-40-33(36)26-24-9-7-2)31-42-44(38,39)41-29-28-35(3,4)5/h15-16,32H,6-14,17-31H2,1-5H3/p+1/b16-15-. The normalized spacial score (nSPS) is 14.0. The fourth-order valence-corrected chi connectivity index (χ4v) is 5.22. The van der Waals surface area contributed by atoms with Crippen molar-refractivity contribution in [2.24, 2.45) is 0 Å². The summed E-state index contributed by atoms with van der Waals surface area (Å²) in [4.78, 5) is 34.6. The summed E-state index contributed by atoms with van der Waals surface area (Å²) in [7, 11) is 1.47. The predicted molar refractivity (Wildman–Crippen MR) is 178 cm³/mol. The Morgan fingerprint density at radius 2 is 1.16 bits per heavy atom. The first-order valence-electron chi connectivity index (χ1n) is 17.4. The Kier molecular flexibility index (Phi) is 27.2. The second-order valence-corrected chi connectivity index (χ2v) is 14.4. The average Bonchev–Trinajstić information content (AvgIpc) is 2.95. The van der Waals surface area contributed by atoms with Gasteiger partial charge in [-0.05, 0) is 38.5 Å². The quantitative estimate of drug-likeness (QED) is 0.0262. The maximum Gasteiger partial charge on any atom is 0.472 e. The molecule has 0 aromatic rings. The third-order valence-corrected chi connectivity index (χ3v) is 8.28. The minimum absolute atomic E-state index is 0.0322. The van der Waals surface area contributed by atoms with Gasteiger partial charge in [-0.3, -0.25) is 18.6 Å². The van der Waals surface area contributed by atoms with E-state index >= 15 is 0 Å². The molecule has 0 fully saturated rings. The molecule has 44 heavy (non-hydrogen) atoms. The van der Waals surface area contributed by atoms with Gasteiger partial charge in [0.25, 0.3) is 0 Å². The van der Waals surface area contributed by atoms with Crippen molar-refractivity contribution >= 4 is 19.8 Å². The van der Waals surface area contributed by atoms with Crippen molar-refractivity contribution in [2.45, 2.75) is 148 Å². The number of ether oxygens (including phenoxy) is 2. The molecule has 0 aromatic carbocycles. The first-order valence-corrected chi connectivity index (χ1v) is 18.9. The van der Waals surface area contributed by atoms with Crippen LogP contribution in [0.15, 0.2) is 12.2 Å². The highest BCUT2D eigenvalue weighted by atomic mass is 31.2. The van der Waals surface area contributed by atoms with Crippen molar-refractivity contribution in [1.29, 1.82) is 0 Å². The van der Waals surface area contributed by atoms with E-state index in [0.29, 0.717) is 17.4 Å². The van der Waals surface area contributed by atoms with Crippen LogP contribution in [-0.2, 0) is 32.7 Å². The zero-order valence-corrected chi connectivity index (χ0v) is 29.8. The van der Waals surface area contributed by atoms with E-state index in [-0.39, 0.29) is 26.1 Å². The van der Waals surface area contributed by atoms with Crippen LogP contribution in [0.4, 0.5) is 0 Å². The topological polar surface area (TPSA) is 108 Å². The molecule has 0 bridgehead atoms. The predicted octanol–water partition coefficient (Wildman–Crippen LogP) is 8.68. The number of rotatable bonds is 31. The number of quaternary nitrogens is 1. The molecule has 260 valence electrons. The molecule has 9 nitrogen and oxygen atoms in total. The second kappa shape index (κ2) is 28.0. The lowest BCUT2D eigenvalue weighted by Gasteiger charge is -2.24. The third kappa shape index (κ3) is 30.8. The van der Waals surface area contributed by atoms with Crippen molar-refractivity contribution in [3.05, 3.63) is 12.2 Å². The lowest BCUT2D eigenvalue weighted by molar-refractivity contribution is -0.870. The molecule has 0 aliphatic heterocycles. The molecule has 0 heterocycles. The molecular formula is C34H67NO8P+. The van der Waals surface area contributed by atoms with Crippen LogP contribution in [0.5, 0.6) is 0 Å². The molecular weight excluding hydrogens is 581 g/mol. The zero-order valence-electron chi connectivity index (χ0n) is 28.9. The number of esters is 2. The van der Waals surface area contributed by atoms with Crippen molar-refractivity contribution in [2.75, 3.05) is 47.5 Å². The Morgan fingerprint density at radius 1 is 0.682 bits per heavy atom. The molecule has 10 heteroatoms. The lowest BCUT2D eigenvalue weighted by atomic mass is 10.1. The van der Waals surface area contributed by atoms with Crippen LogP contribution in [0.25, 0.3) is 0 Å². The molecule has 0 amide bonds. The molecule has 0 spiro atoms. The summed E-state index contributed by atoms with van der Waals surface area (Å²) in [5.74, 6) is -0.831. The molecule has 0 saturated carbocycles. The third-order valence-electron chi connectivity index (χ3n) is 7.30. The van der Waals surface area contributed by atoms with E-state index in [1.165, 1.54) is 64.2 Å². The number of likely N-dealkylation sites (N-methyl/N-ethyl adjacent to an activating group) is 1. The smallest absolute Gasteiger partial charge is 0.462 e. The van der Waals surface area contributed by atoms with E-state index in [0.717, 1.165) is 44.9 Å². The number of carbonyl (C=O) groups is 2. The maximum atomic E-state index is 12.5. The van der Waals surface area contributed by atoms with E-state index in [2.05, 4.69) is 19.1 Å². The lowest BCUT2D eigenvalue weighted by Crippen LogP contribution is -2.37. The van der Waals surface area contributed by atoms with E-state index in [1.807, 2.05) is 28.1 Å². The number of unbranched alkanes of at least 4 members (excludes halogenated alkanes) is 15. The highest BCUT2D eigenvalue weighted by Crippen LogP contribution is 2.43. The zero-order chi connectivity index (χ0) is 32.9. The van der Waals surface area contributed by atoms with Gasteiger partial charge in [-0.1, -0.05) is 103 Å². The van der Waals surface area contributed by atoms with Gasteiger partial charge in [0.15, 0.2) is 6.10 Å². The Hall–Kier alpha value is -1.25. The molecule has 1 N–H and O–H groups in total. The van der Waals surface area contributed by atoms with Gasteiger partial charge in [0, 0.05) is 12.8 Å². The number of phosphoric acid groups is 1. The number of carbonyl (C=O) groups excluding carboxylic acids is 2. The van der Waals surface area contributed by atoms with E-state index < -0.39 is 32.5 Å². The summed E-state index contributed by atoms with van der Waals surface area (Å²) in [6.07, 6.45) is 24.8. The molecule has 0 rings (SSSR count). The van der Waals surface area contributed by atoms with Gasteiger partial charge in [0.1, 0.15) is 19.8 Å². The average molecular weight is 649 g/mol. The maximum absolute atomic E-state index is 12.5. The summed E-state index contributed by atoms with van der Waals surface area (Å²) in [6, 6.07) is 0. The van der Waals surface area contributed by atoms with Gasteiger partial charge in [0.2, 0.25) is 0 Å². The number of phosphoric ester groups is 1. The Balaban J connectivity index is 4.23. The number of allylic oxidation sites excluding steroid dienone is 2. The van der Waals surface area contributed by atoms with Gasteiger partial charge in [0.05, 0.1) is 27.7 Å². The first kappa shape index (κ1) is 42.8. The van der Waals surface area contributed by atoms with Crippen molar-refractivity contribution in [3.63, 3.8) is 0 Å². The monoisotopic (exact) mass is 648 g/mol. The SMILES string of the molecule is CCCCCCCC/C=C\CCCCCCCCCC(=O)OC(COC(=O)CCCCC)COP(=O)(O)OCC[N+](C)(C)C. The minimum atomic E-state index is -4.35. The Morgan fingerprint density at radius 3 is 1.73 bits per heavy atom. The van der Waals surface area contributed by atoms with Gasteiger partial charge >= 0.3 is 19.8 Å². The van der Waals surface area contributed by atoms with Gasteiger partial charge in [-0.15, -0.1) is 0 Å². The fourth-order valence-electron chi connectivity index (χ4n) is 4.48. The van der Waals surface area contributed by atoms with Gasteiger partial charge < -0.3 is 18.9 Å². The van der Waals surface area contributed by atoms with Crippen LogP contribution >= 0.6 is 7.82 Å². The Bertz CT molecular complexity index is 784. The highest BCUT2D eigenvalue weighted by molar-refractivity contribution is 7.47. The second-order valence-electron chi connectivity index (χ2n) is 12.9. The molecule has 0 aromatic heterocycles. The summed E-state index contributed by atoms with van der Waals surface area (Å²) >= 11 is 0. The summed E-state index contributed by atoms with van der Waals surface area (Å²) in [5, 5.41) is 0. The van der Waals surface area contributed by atoms with Crippen LogP contribution < -0.4 is 0 Å². The Labute approximate surface area is 269 Å². The number of hydrogen-bond acceptors (Lipinski definition) is 7. The number of nitrogens with zero attached hydrogens (tertiary/aromatic N) is 1. The molecule has 0 radical (unpaired) electrons. The van der Waals surface area contributed by atoms with Crippen LogP contribution in [0.1, 0.15) is 142 Å². The number of hydrogen-bond donors (Lipinski definition) is 1. The van der Waals surface area contributed by atoms with Gasteiger partial charge in [-0.2, -0.15) is 0 Å². The summed E-state index contributed by atoms with van der Waals surface area (Å²) in [6.45, 7) is 4.21. The largest absolute Gasteiger partial charge is 0.472 e. The van der Waals surface area contributed by atoms with Gasteiger partial charge in [-0.25, -0.2) is 4.57 Å². The van der Waals surface area contributed by atoms with Crippen molar-refractivity contribution in [3.8, 4) is 0 Å². The molecule has 2 atom stereocenters. The van der Waals surface area contributed by atoms with Crippen LogP contribution in [0.3, 0.4) is 0 Å². The minimum Gasteiger partial charge on any atom is -0.462 e. The molecule has 0 aliphatic rings. The van der Waals surface area contributed by atoms with E-state index in [1.54, 1.807) is 0 Å². The molecule has 2 unspecified atom stereocenters. The van der Waals surface area contributed by atoms with Crippen LogP contribution in [-0.4, -0.2) is 74.9 Å². The summed E-state index contributed by atoms with van der Waals surface area (Å²) in [5.41, 5.74) is 0. The first-order chi connectivity index (χ1) is 21.0. The molecule has 0 aliphatic carbocycles. The van der Waals surface area contributed by atoms with Crippen LogP contribution in [0, 0.1) is 0 Å². The van der Waals surface area contributed by atoms with E-state index in [4.69, 9.17) is 18.5 Å². The van der Waals surface area contributed by atoms with Crippen LogP contribution in [0.2, 0.25) is 0 Å². The molecule has 0 saturated heterocycles.